The molecule has 1 heteroatoms. The lowest BCUT2D eigenvalue weighted by Crippen LogP contribution is -2.36. The minimum Gasteiger partial charge on any atom is -0.307 e. The van der Waals surface area contributed by atoms with Gasteiger partial charge in [0.25, 0.3) is 0 Å². The van der Waals surface area contributed by atoms with Gasteiger partial charge in [-0.15, -0.1) is 0 Å². The summed E-state index contributed by atoms with van der Waals surface area (Å²) in [7, 11) is 0. The first kappa shape index (κ1) is 15.6. The number of nitrogens with one attached hydrogen (secondary N) is 1. The third-order valence-corrected chi connectivity index (χ3v) is 5.19. The second-order valence-corrected chi connectivity index (χ2v) is 6.82. The predicted molar refractivity (Wildman–Crippen MR) is 88.2 cm³/mol. The Balaban J connectivity index is 2.04. The van der Waals surface area contributed by atoms with E-state index in [4.69, 9.17) is 0 Å². The Morgan fingerprint density at radius 1 is 1.10 bits per heavy atom. The molecule has 112 valence electrons. The van der Waals surface area contributed by atoms with Crippen LogP contribution in [0.4, 0.5) is 0 Å². The third-order valence-electron chi connectivity index (χ3n) is 5.19. The van der Waals surface area contributed by atoms with Gasteiger partial charge in [0.1, 0.15) is 0 Å². The van der Waals surface area contributed by atoms with Crippen molar-refractivity contribution in [3.8, 4) is 0 Å². The van der Waals surface area contributed by atoms with E-state index in [1.54, 1.807) is 0 Å². The molecule has 0 bridgehead atoms. The second kappa shape index (κ2) is 6.76. The lowest BCUT2D eigenvalue weighted by atomic mass is 9.83. The van der Waals surface area contributed by atoms with Crippen LogP contribution >= 0.6 is 0 Å². The topological polar surface area (TPSA) is 12.0 Å². The van der Waals surface area contributed by atoms with E-state index < -0.39 is 0 Å². The number of aryl methyl sites for hydroxylation is 3. The minimum absolute atomic E-state index is 0.468. The molecule has 1 nitrogen and oxygen atoms in total. The molecule has 1 aromatic carbocycles. The molecule has 1 fully saturated rings. The molecule has 0 aliphatic heterocycles. The first-order chi connectivity index (χ1) is 9.51. The van der Waals surface area contributed by atoms with Crippen LogP contribution in [-0.4, -0.2) is 6.04 Å². The summed E-state index contributed by atoms with van der Waals surface area (Å²) in [4.78, 5) is 0. The summed E-state index contributed by atoms with van der Waals surface area (Å²) >= 11 is 0. The molecule has 0 amide bonds. The van der Waals surface area contributed by atoms with E-state index in [-0.39, 0.29) is 0 Å². The molecule has 3 atom stereocenters. The van der Waals surface area contributed by atoms with Crippen molar-refractivity contribution in [2.45, 2.75) is 78.8 Å². The normalized spacial score (nSPS) is 24.6. The molecule has 0 spiro atoms. The molecule has 1 saturated carbocycles. The van der Waals surface area contributed by atoms with Crippen molar-refractivity contribution in [2.24, 2.45) is 5.92 Å². The summed E-state index contributed by atoms with van der Waals surface area (Å²) in [5.74, 6) is 0.939. The smallest absolute Gasteiger partial charge is 0.0297 e. The SMILES string of the molecule is CCC1CCCC(NC(C)c2cc(C)c(C)cc2C)C1. The molecule has 0 saturated heterocycles. The van der Waals surface area contributed by atoms with Crippen LogP contribution < -0.4 is 5.32 Å². The summed E-state index contributed by atoms with van der Waals surface area (Å²) in [6.07, 6.45) is 6.89. The fourth-order valence-electron chi connectivity index (χ4n) is 3.71. The van der Waals surface area contributed by atoms with Crippen LogP contribution in [0.3, 0.4) is 0 Å². The largest absolute Gasteiger partial charge is 0.307 e. The Morgan fingerprint density at radius 2 is 1.80 bits per heavy atom. The molecule has 1 aliphatic carbocycles. The maximum absolute atomic E-state index is 3.89. The van der Waals surface area contributed by atoms with Crippen molar-refractivity contribution in [1.82, 2.24) is 5.32 Å². The molecule has 0 radical (unpaired) electrons. The van der Waals surface area contributed by atoms with Gasteiger partial charge in [0, 0.05) is 12.1 Å². The summed E-state index contributed by atoms with van der Waals surface area (Å²) in [6.45, 7) is 11.3. The number of hydrogen-bond acceptors (Lipinski definition) is 1. The van der Waals surface area contributed by atoms with Crippen molar-refractivity contribution in [2.75, 3.05) is 0 Å². The second-order valence-electron chi connectivity index (χ2n) is 6.82. The van der Waals surface area contributed by atoms with E-state index in [1.165, 1.54) is 54.4 Å². The highest BCUT2D eigenvalue weighted by molar-refractivity contribution is 5.38. The van der Waals surface area contributed by atoms with E-state index in [2.05, 4.69) is 52.1 Å². The van der Waals surface area contributed by atoms with Crippen molar-refractivity contribution in [1.29, 1.82) is 0 Å². The number of benzene rings is 1. The average Bonchev–Trinajstić information content (AvgIpc) is 2.43. The van der Waals surface area contributed by atoms with Crippen molar-refractivity contribution in [3.05, 3.63) is 34.4 Å². The van der Waals surface area contributed by atoms with Crippen LogP contribution in [0, 0.1) is 26.7 Å². The minimum atomic E-state index is 0.468. The highest BCUT2D eigenvalue weighted by Gasteiger charge is 2.22. The maximum atomic E-state index is 3.89. The van der Waals surface area contributed by atoms with Gasteiger partial charge >= 0.3 is 0 Å². The molecule has 1 N–H and O–H groups in total. The highest BCUT2D eigenvalue weighted by atomic mass is 14.9. The Morgan fingerprint density at radius 3 is 2.50 bits per heavy atom. The summed E-state index contributed by atoms with van der Waals surface area (Å²) in [5.41, 5.74) is 5.72. The summed E-state index contributed by atoms with van der Waals surface area (Å²) < 4.78 is 0. The highest BCUT2D eigenvalue weighted by Crippen LogP contribution is 2.29. The fraction of sp³-hybridized carbons (Fsp3) is 0.684. The van der Waals surface area contributed by atoms with Crippen LogP contribution in [0.5, 0.6) is 0 Å². The monoisotopic (exact) mass is 273 g/mol. The Bertz CT molecular complexity index is 449. The third kappa shape index (κ3) is 3.63. The average molecular weight is 273 g/mol. The zero-order valence-corrected chi connectivity index (χ0v) is 13.9. The molecular weight excluding hydrogens is 242 g/mol. The first-order valence-electron chi connectivity index (χ1n) is 8.35. The fourth-order valence-corrected chi connectivity index (χ4v) is 3.71. The molecule has 1 aromatic rings. The van der Waals surface area contributed by atoms with Gasteiger partial charge < -0.3 is 5.32 Å². The molecule has 2 rings (SSSR count). The first-order valence-corrected chi connectivity index (χ1v) is 8.35. The van der Waals surface area contributed by atoms with Gasteiger partial charge in [-0.2, -0.15) is 0 Å². The van der Waals surface area contributed by atoms with Gasteiger partial charge in [0.15, 0.2) is 0 Å². The quantitative estimate of drug-likeness (QED) is 0.792. The van der Waals surface area contributed by atoms with E-state index in [0.717, 1.165) is 5.92 Å². The Kier molecular flexibility index (Phi) is 5.26. The zero-order valence-electron chi connectivity index (χ0n) is 13.9. The van der Waals surface area contributed by atoms with Crippen molar-refractivity contribution >= 4 is 0 Å². The lowest BCUT2D eigenvalue weighted by Gasteiger charge is -2.32. The molecule has 3 unspecified atom stereocenters. The van der Waals surface area contributed by atoms with E-state index in [0.29, 0.717) is 12.1 Å². The van der Waals surface area contributed by atoms with Crippen LogP contribution in [0.2, 0.25) is 0 Å². The van der Waals surface area contributed by atoms with Gasteiger partial charge in [0.05, 0.1) is 0 Å². The van der Waals surface area contributed by atoms with Crippen LogP contribution in [0.15, 0.2) is 12.1 Å². The predicted octanol–water partition coefficient (Wildman–Crippen LogP) is 5.23. The zero-order chi connectivity index (χ0) is 14.7. The lowest BCUT2D eigenvalue weighted by molar-refractivity contribution is 0.266. The molecule has 0 heterocycles. The van der Waals surface area contributed by atoms with Gasteiger partial charge in [-0.1, -0.05) is 38.3 Å². The molecule has 20 heavy (non-hydrogen) atoms. The van der Waals surface area contributed by atoms with Crippen molar-refractivity contribution < 1.29 is 0 Å². The van der Waals surface area contributed by atoms with Gasteiger partial charge in [-0.05, 0) is 68.7 Å². The van der Waals surface area contributed by atoms with E-state index in [1.807, 2.05) is 0 Å². The Hall–Kier alpha value is -0.820. The number of hydrogen-bond donors (Lipinski definition) is 1. The Labute approximate surface area is 125 Å². The summed E-state index contributed by atoms with van der Waals surface area (Å²) in [6, 6.07) is 5.89. The van der Waals surface area contributed by atoms with Gasteiger partial charge in [-0.3, -0.25) is 0 Å². The molecular formula is C19H31N. The van der Waals surface area contributed by atoms with E-state index >= 15 is 0 Å². The van der Waals surface area contributed by atoms with Crippen molar-refractivity contribution in [3.63, 3.8) is 0 Å². The van der Waals surface area contributed by atoms with Gasteiger partial charge in [0.2, 0.25) is 0 Å². The van der Waals surface area contributed by atoms with E-state index in [9.17, 15) is 0 Å². The number of rotatable bonds is 4. The van der Waals surface area contributed by atoms with Gasteiger partial charge in [-0.25, -0.2) is 0 Å². The maximum Gasteiger partial charge on any atom is 0.0297 e. The summed E-state index contributed by atoms with van der Waals surface area (Å²) in [5, 5.41) is 3.89. The molecule has 0 aromatic heterocycles. The van der Waals surface area contributed by atoms with Crippen LogP contribution in [-0.2, 0) is 0 Å². The van der Waals surface area contributed by atoms with Crippen LogP contribution in [0.1, 0.15) is 74.2 Å². The molecule has 1 aliphatic rings. The standard InChI is InChI=1S/C19H31N/c1-6-17-8-7-9-18(12-17)20-16(5)19-11-14(3)13(2)10-15(19)4/h10-11,16-18,20H,6-9,12H2,1-5H3. The van der Waals surface area contributed by atoms with Crippen LogP contribution in [0.25, 0.3) is 0 Å².